The van der Waals surface area contributed by atoms with Crippen LogP contribution in [0.1, 0.15) is 25.1 Å². The van der Waals surface area contributed by atoms with Crippen LogP contribution in [0, 0.1) is 0 Å². The minimum atomic E-state index is -0.144. The molecule has 1 heterocycles. The number of nitrogens with one attached hydrogen (secondary N) is 1. The van der Waals surface area contributed by atoms with E-state index in [1.54, 1.807) is 0 Å². The number of unbranched alkanes of at least 4 members (excludes halogenated alkanes) is 1. The number of ether oxygens (including phenoxy) is 1. The number of fused-ring (bicyclic) bond motifs is 1. The van der Waals surface area contributed by atoms with Gasteiger partial charge < -0.3 is 9.72 Å². The third-order valence-corrected chi connectivity index (χ3v) is 2.71. The smallest absolute Gasteiger partial charge is 0.305 e. The molecule has 90 valence electrons. The standard InChI is InChI=1S/C13H16N2O2/c1-17-13(16)9-5-4-8-12-14-10-6-2-3-7-11(10)15-12/h2-3,6-7H,4-5,8-9H2,1H3,(H,14,15). The number of benzene rings is 1. The molecular formula is C13H16N2O2. The third kappa shape index (κ3) is 3.06. The highest BCUT2D eigenvalue weighted by Crippen LogP contribution is 2.12. The zero-order valence-electron chi connectivity index (χ0n) is 9.90. The molecule has 0 spiro atoms. The zero-order valence-corrected chi connectivity index (χ0v) is 9.90. The van der Waals surface area contributed by atoms with Crippen molar-refractivity contribution in [3.05, 3.63) is 30.1 Å². The maximum Gasteiger partial charge on any atom is 0.305 e. The highest BCUT2D eigenvalue weighted by molar-refractivity contribution is 5.74. The fraction of sp³-hybridized carbons (Fsp3) is 0.385. The summed E-state index contributed by atoms with van der Waals surface area (Å²) in [6.07, 6.45) is 3.13. The summed E-state index contributed by atoms with van der Waals surface area (Å²) in [6.45, 7) is 0. The summed E-state index contributed by atoms with van der Waals surface area (Å²) in [7, 11) is 1.42. The topological polar surface area (TPSA) is 55.0 Å². The van der Waals surface area contributed by atoms with Gasteiger partial charge >= 0.3 is 5.97 Å². The van der Waals surface area contributed by atoms with Crippen LogP contribution in [-0.2, 0) is 16.0 Å². The molecule has 4 nitrogen and oxygen atoms in total. The molecule has 2 rings (SSSR count). The summed E-state index contributed by atoms with van der Waals surface area (Å²) in [5.74, 6) is 0.839. The molecule has 0 bridgehead atoms. The summed E-state index contributed by atoms with van der Waals surface area (Å²) < 4.78 is 4.59. The Labute approximate surface area is 100 Å². The van der Waals surface area contributed by atoms with Crippen LogP contribution in [0.2, 0.25) is 0 Å². The molecule has 0 saturated carbocycles. The van der Waals surface area contributed by atoms with Gasteiger partial charge in [-0.1, -0.05) is 12.1 Å². The first-order chi connectivity index (χ1) is 8.29. The number of aromatic nitrogens is 2. The van der Waals surface area contributed by atoms with Gasteiger partial charge in [-0.2, -0.15) is 0 Å². The highest BCUT2D eigenvalue weighted by atomic mass is 16.5. The fourth-order valence-corrected chi connectivity index (χ4v) is 1.79. The van der Waals surface area contributed by atoms with Crippen LogP contribution in [-0.4, -0.2) is 23.0 Å². The number of aryl methyl sites for hydroxylation is 1. The van der Waals surface area contributed by atoms with E-state index < -0.39 is 0 Å². The van der Waals surface area contributed by atoms with Crippen LogP contribution in [0.5, 0.6) is 0 Å². The molecule has 0 unspecified atom stereocenters. The van der Waals surface area contributed by atoms with E-state index in [0.29, 0.717) is 6.42 Å². The van der Waals surface area contributed by atoms with E-state index in [1.807, 2.05) is 24.3 Å². The molecule has 0 radical (unpaired) electrons. The fourth-order valence-electron chi connectivity index (χ4n) is 1.79. The third-order valence-electron chi connectivity index (χ3n) is 2.71. The first-order valence-electron chi connectivity index (χ1n) is 5.80. The number of carbonyl (C=O) groups is 1. The average Bonchev–Trinajstić information content (AvgIpc) is 2.76. The number of imidazole rings is 1. The lowest BCUT2D eigenvalue weighted by molar-refractivity contribution is -0.140. The molecule has 0 fully saturated rings. The Balaban J connectivity index is 1.85. The Morgan fingerprint density at radius 3 is 2.94 bits per heavy atom. The molecule has 1 aromatic heterocycles. The second-order valence-corrected chi connectivity index (χ2v) is 3.98. The Morgan fingerprint density at radius 2 is 2.18 bits per heavy atom. The van der Waals surface area contributed by atoms with Crippen molar-refractivity contribution in [1.82, 2.24) is 9.97 Å². The van der Waals surface area contributed by atoms with Crippen molar-refractivity contribution in [2.45, 2.75) is 25.7 Å². The summed E-state index contributed by atoms with van der Waals surface area (Å²) in [5.41, 5.74) is 2.06. The van der Waals surface area contributed by atoms with Crippen LogP contribution >= 0.6 is 0 Å². The lowest BCUT2D eigenvalue weighted by Crippen LogP contribution is -2.00. The Kier molecular flexibility index (Phi) is 3.75. The van der Waals surface area contributed by atoms with Crippen molar-refractivity contribution in [3.63, 3.8) is 0 Å². The zero-order chi connectivity index (χ0) is 12.1. The van der Waals surface area contributed by atoms with Crippen LogP contribution < -0.4 is 0 Å². The molecule has 4 heteroatoms. The van der Waals surface area contributed by atoms with Crippen molar-refractivity contribution in [2.75, 3.05) is 7.11 Å². The molecule has 0 aliphatic heterocycles. The number of nitrogens with zero attached hydrogens (tertiary/aromatic N) is 1. The van der Waals surface area contributed by atoms with Gasteiger partial charge in [-0.05, 0) is 25.0 Å². The van der Waals surface area contributed by atoms with Crippen molar-refractivity contribution >= 4 is 17.0 Å². The lowest BCUT2D eigenvalue weighted by atomic mass is 10.2. The number of esters is 1. The second kappa shape index (κ2) is 5.48. The molecule has 0 amide bonds. The second-order valence-electron chi connectivity index (χ2n) is 3.98. The number of rotatable bonds is 5. The summed E-state index contributed by atoms with van der Waals surface area (Å²) in [6, 6.07) is 7.97. The Morgan fingerprint density at radius 1 is 1.35 bits per heavy atom. The maximum atomic E-state index is 10.9. The van der Waals surface area contributed by atoms with Gasteiger partial charge in [0.05, 0.1) is 18.1 Å². The Hall–Kier alpha value is -1.84. The first kappa shape index (κ1) is 11.6. The van der Waals surface area contributed by atoms with E-state index in [0.717, 1.165) is 36.1 Å². The molecular weight excluding hydrogens is 216 g/mol. The highest BCUT2D eigenvalue weighted by Gasteiger charge is 2.03. The van der Waals surface area contributed by atoms with Gasteiger partial charge in [0.2, 0.25) is 0 Å². The molecule has 0 aliphatic carbocycles. The number of aromatic amines is 1. The normalized spacial score (nSPS) is 10.6. The minimum absolute atomic E-state index is 0.144. The van der Waals surface area contributed by atoms with E-state index >= 15 is 0 Å². The quantitative estimate of drug-likeness (QED) is 0.636. The van der Waals surface area contributed by atoms with Crippen molar-refractivity contribution in [3.8, 4) is 0 Å². The van der Waals surface area contributed by atoms with Gasteiger partial charge in [0.1, 0.15) is 5.82 Å². The monoisotopic (exact) mass is 232 g/mol. The predicted octanol–water partition coefficient (Wildman–Crippen LogP) is 2.45. The predicted molar refractivity (Wildman–Crippen MR) is 65.7 cm³/mol. The molecule has 1 aromatic carbocycles. The van der Waals surface area contributed by atoms with Gasteiger partial charge in [-0.3, -0.25) is 4.79 Å². The largest absolute Gasteiger partial charge is 0.469 e. The number of para-hydroxylation sites is 2. The van der Waals surface area contributed by atoms with E-state index in [1.165, 1.54) is 7.11 Å². The number of hydrogen-bond donors (Lipinski definition) is 1. The van der Waals surface area contributed by atoms with E-state index in [9.17, 15) is 4.79 Å². The van der Waals surface area contributed by atoms with E-state index in [-0.39, 0.29) is 5.97 Å². The molecule has 0 aliphatic rings. The molecule has 0 saturated heterocycles. The number of methoxy groups -OCH3 is 1. The summed E-state index contributed by atoms with van der Waals surface area (Å²) in [4.78, 5) is 18.7. The Bertz CT molecular complexity index is 472. The van der Waals surface area contributed by atoms with E-state index in [4.69, 9.17) is 0 Å². The molecule has 1 N–H and O–H groups in total. The summed E-state index contributed by atoms with van der Waals surface area (Å²) >= 11 is 0. The van der Waals surface area contributed by atoms with Gasteiger partial charge in [0, 0.05) is 12.8 Å². The number of H-pyrrole nitrogens is 1. The lowest BCUT2D eigenvalue weighted by Gasteiger charge is -1.98. The van der Waals surface area contributed by atoms with Crippen molar-refractivity contribution in [1.29, 1.82) is 0 Å². The van der Waals surface area contributed by atoms with Crippen LogP contribution in [0.25, 0.3) is 11.0 Å². The van der Waals surface area contributed by atoms with Gasteiger partial charge in [0.15, 0.2) is 0 Å². The van der Waals surface area contributed by atoms with Crippen molar-refractivity contribution < 1.29 is 9.53 Å². The van der Waals surface area contributed by atoms with Gasteiger partial charge in [0.25, 0.3) is 0 Å². The van der Waals surface area contributed by atoms with Crippen LogP contribution in [0.15, 0.2) is 24.3 Å². The number of carbonyl (C=O) groups excluding carboxylic acids is 1. The van der Waals surface area contributed by atoms with Crippen LogP contribution in [0.3, 0.4) is 0 Å². The van der Waals surface area contributed by atoms with E-state index in [2.05, 4.69) is 14.7 Å². The minimum Gasteiger partial charge on any atom is -0.469 e. The maximum absolute atomic E-state index is 10.9. The van der Waals surface area contributed by atoms with Crippen LogP contribution in [0.4, 0.5) is 0 Å². The average molecular weight is 232 g/mol. The SMILES string of the molecule is COC(=O)CCCCc1nc2ccccc2[nH]1. The number of hydrogen-bond acceptors (Lipinski definition) is 3. The van der Waals surface area contributed by atoms with Crippen molar-refractivity contribution in [2.24, 2.45) is 0 Å². The summed E-state index contributed by atoms with van der Waals surface area (Å²) in [5, 5.41) is 0. The molecule has 0 atom stereocenters. The first-order valence-corrected chi connectivity index (χ1v) is 5.80. The molecule has 17 heavy (non-hydrogen) atoms. The van der Waals surface area contributed by atoms with Gasteiger partial charge in [-0.25, -0.2) is 4.98 Å². The molecule has 2 aromatic rings. The van der Waals surface area contributed by atoms with Gasteiger partial charge in [-0.15, -0.1) is 0 Å².